The van der Waals surface area contributed by atoms with E-state index >= 15 is 0 Å². The Morgan fingerprint density at radius 2 is 1.88 bits per heavy atom. The van der Waals surface area contributed by atoms with Gasteiger partial charge in [0.05, 0.1) is 29.4 Å². The molecule has 1 amide bonds. The first-order chi connectivity index (χ1) is 12.1. The van der Waals surface area contributed by atoms with Crippen LogP contribution < -0.4 is 10.1 Å². The Balaban J connectivity index is 1.67. The first-order valence-corrected chi connectivity index (χ1v) is 8.96. The monoisotopic (exact) mass is 378 g/mol. The fourth-order valence-corrected chi connectivity index (χ4v) is 3.69. The second kappa shape index (κ2) is 8.09. The van der Waals surface area contributed by atoms with E-state index in [1.165, 1.54) is 5.56 Å². The summed E-state index contributed by atoms with van der Waals surface area (Å²) in [6.07, 6.45) is 2.10. The zero-order valence-corrected chi connectivity index (χ0v) is 15.5. The number of carbonyl (C=O) groups is 1. The van der Waals surface area contributed by atoms with Crippen LogP contribution in [0.5, 0.6) is 5.75 Å². The third-order valence-electron chi connectivity index (χ3n) is 4.44. The van der Waals surface area contributed by atoms with Crippen LogP contribution in [-0.4, -0.2) is 31.0 Å². The van der Waals surface area contributed by atoms with E-state index in [4.69, 9.17) is 27.9 Å². The van der Waals surface area contributed by atoms with Gasteiger partial charge in [-0.3, -0.25) is 9.69 Å². The van der Waals surface area contributed by atoms with Crippen molar-refractivity contribution in [3.05, 3.63) is 58.1 Å². The standard InChI is InChI=1S/C19H20Cl2N2O2/c1-25-14-9-7-13(8-10-14)17-6-3-11-23(17)12-18(24)22-19-15(20)4-2-5-16(19)21/h2,4-5,7-10,17H,3,6,11-12H2,1H3,(H,22,24). The Morgan fingerprint density at radius 3 is 2.52 bits per heavy atom. The van der Waals surface area contributed by atoms with Crippen LogP contribution in [0.1, 0.15) is 24.4 Å². The zero-order valence-electron chi connectivity index (χ0n) is 14.0. The number of likely N-dealkylation sites (tertiary alicyclic amines) is 1. The molecule has 3 rings (SSSR count). The fraction of sp³-hybridized carbons (Fsp3) is 0.316. The van der Waals surface area contributed by atoms with Crippen LogP contribution in [0, 0.1) is 0 Å². The lowest BCUT2D eigenvalue weighted by atomic mass is 10.0. The summed E-state index contributed by atoms with van der Waals surface area (Å²) in [5.41, 5.74) is 1.66. The van der Waals surface area contributed by atoms with Crippen LogP contribution in [0.25, 0.3) is 0 Å². The van der Waals surface area contributed by atoms with Gasteiger partial charge in [-0.25, -0.2) is 0 Å². The third-order valence-corrected chi connectivity index (χ3v) is 5.07. The van der Waals surface area contributed by atoms with Crippen LogP contribution in [0.15, 0.2) is 42.5 Å². The second-order valence-corrected chi connectivity index (χ2v) is 6.86. The van der Waals surface area contributed by atoms with Gasteiger partial charge in [-0.1, -0.05) is 41.4 Å². The molecule has 2 aromatic rings. The van der Waals surface area contributed by atoms with Crippen molar-refractivity contribution in [1.29, 1.82) is 0 Å². The molecule has 1 heterocycles. The molecule has 1 saturated heterocycles. The molecule has 1 aliphatic heterocycles. The summed E-state index contributed by atoms with van der Waals surface area (Å²) in [6.45, 7) is 1.19. The number of hydrogen-bond donors (Lipinski definition) is 1. The van der Waals surface area contributed by atoms with Gasteiger partial charge in [-0.05, 0) is 49.2 Å². The highest BCUT2D eigenvalue weighted by molar-refractivity contribution is 6.39. The Bertz CT molecular complexity index is 729. The van der Waals surface area contributed by atoms with Crippen LogP contribution >= 0.6 is 23.2 Å². The molecular formula is C19H20Cl2N2O2. The lowest BCUT2D eigenvalue weighted by Gasteiger charge is -2.24. The number of carbonyl (C=O) groups excluding carboxylic acids is 1. The number of nitrogens with zero attached hydrogens (tertiary/aromatic N) is 1. The van der Waals surface area contributed by atoms with Gasteiger partial charge in [0, 0.05) is 6.04 Å². The molecule has 0 bridgehead atoms. The molecule has 0 saturated carbocycles. The highest BCUT2D eigenvalue weighted by Gasteiger charge is 2.27. The van der Waals surface area contributed by atoms with Crippen molar-refractivity contribution in [2.45, 2.75) is 18.9 Å². The molecule has 25 heavy (non-hydrogen) atoms. The number of amides is 1. The van der Waals surface area contributed by atoms with Gasteiger partial charge < -0.3 is 10.1 Å². The quantitative estimate of drug-likeness (QED) is 0.813. The first kappa shape index (κ1) is 18.1. The van der Waals surface area contributed by atoms with Crippen molar-refractivity contribution in [2.24, 2.45) is 0 Å². The predicted octanol–water partition coefficient (Wildman–Crippen LogP) is 4.78. The summed E-state index contributed by atoms with van der Waals surface area (Å²) in [6, 6.07) is 13.4. The maximum atomic E-state index is 12.5. The van der Waals surface area contributed by atoms with E-state index < -0.39 is 0 Å². The molecule has 4 nitrogen and oxygen atoms in total. The number of halogens is 2. The molecule has 1 unspecified atom stereocenters. The minimum Gasteiger partial charge on any atom is -0.497 e. The van der Waals surface area contributed by atoms with Gasteiger partial charge in [0.15, 0.2) is 0 Å². The van der Waals surface area contributed by atoms with E-state index in [9.17, 15) is 4.79 Å². The van der Waals surface area contributed by atoms with Crippen molar-refractivity contribution < 1.29 is 9.53 Å². The van der Waals surface area contributed by atoms with Crippen LogP contribution in [0.3, 0.4) is 0 Å². The summed E-state index contributed by atoms with van der Waals surface area (Å²) < 4.78 is 5.21. The molecule has 1 atom stereocenters. The highest BCUT2D eigenvalue weighted by Crippen LogP contribution is 2.33. The van der Waals surface area contributed by atoms with Crippen molar-refractivity contribution in [3.8, 4) is 5.75 Å². The molecule has 0 aliphatic carbocycles. The van der Waals surface area contributed by atoms with E-state index in [0.29, 0.717) is 22.3 Å². The topological polar surface area (TPSA) is 41.6 Å². The predicted molar refractivity (Wildman–Crippen MR) is 102 cm³/mol. The number of hydrogen-bond acceptors (Lipinski definition) is 3. The van der Waals surface area contributed by atoms with Gasteiger partial charge in [0.25, 0.3) is 0 Å². The summed E-state index contributed by atoms with van der Waals surface area (Å²) in [7, 11) is 1.65. The zero-order chi connectivity index (χ0) is 17.8. The summed E-state index contributed by atoms with van der Waals surface area (Å²) in [5, 5.41) is 3.71. The fourth-order valence-electron chi connectivity index (χ4n) is 3.20. The largest absolute Gasteiger partial charge is 0.497 e. The number of anilines is 1. The van der Waals surface area contributed by atoms with E-state index in [1.54, 1.807) is 25.3 Å². The van der Waals surface area contributed by atoms with E-state index in [-0.39, 0.29) is 11.9 Å². The Hall–Kier alpha value is -1.75. The number of para-hydroxylation sites is 1. The average molecular weight is 379 g/mol. The van der Waals surface area contributed by atoms with Crippen LogP contribution in [0.4, 0.5) is 5.69 Å². The van der Waals surface area contributed by atoms with Crippen LogP contribution in [-0.2, 0) is 4.79 Å². The molecule has 6 heteroatoms. The summed E-state index contributed by atoms with van der Waals surface area (Å²) in [5.74, 6) is 0.717. The molecule has 1 N–H and O–H groups in total. The van der Waals surface area contributed by atoms with Crippen molar-refractivity contribution >= 4 is 34.8 Å². The number of methoxy groups -OCH3 is 1. The minimum absolute atomic E-state index is 0.115. The molecule has 1 fully saturated rings. The molecule has 132 valence electrons. The summed E-state index contributed by atoms with van der Waals surface area (Å²) in [4.78, 5) is 14.6. The Labute approximate surface area is 157 Å². The molecule has 0 spiro atoms. The highest BCUT2D eigenvalue weighted by atomic mass is 35.5. The maximum Gasteiger partial charge on any atom is 0.238 e. The number of benzene rings is 2. The number of ether oxygens (including phenoxy) is 1. The van der Waals surface area contributed by atoms with Crippen molar-refractivity contribution in [3.63, 3.8) is 0 Å². The molecular weight excluding hydrogens is 359 g/mol. The van der Waals surface area contributed by atoms with E-state index in [0.717, 1.165) is 25.1 Å². The molecule has 0 aromatic heterocycles. The van der Waals surface area contributed by atoms with E-state index in [1.807, 2.05) is 12.1 Å². The van der Waals surface area contributed by atoms with Crippen molar-refractivity contribution in [2.75, 3.05) is 25.5 Å². The smallest absolute Gasteiger partial charge is 0.238 e. The van der Waals surface area contributed by atoms with Crippen LogP contribution in [0.2, 0.25) is 10.0 Å². The third kappa shape index (κ3) is 4.27. The van der Waals surface area contributed by atoms with Gasteiger partial charge in [0.1, 0.15) is 5.75 Å². The van der Waals surface area contributed by atoms with Gasteiger partial charge in [-0.15, -0.1) is 0 Å². The number of rotatable bonds is 5. The number of nitrogens with one attached hydrogen (secondary N) is 1. The average Bonchev–Trinajstić information content (AvgIpc) is 3.06. The first-order valence-electron chi connectivity index (χ1n) is 8.20. The van der Waals surface area contributed by atoms with E-state index in [2.05, 4.69) is 22.3 Å². The second-order valence-electron chi connectivity index (χ2n) is 6.05. The van der Waals surface area contributed by atoms with Gasteiger partial charge in [0.2, 0.25) is 5.91 Å². The van der Waals surface area contributed by atoms with Crippen molar-refractivity contribution in [1.82, 2.24) is 4.90 Å². The van der Waals surface area contributed by atoms with Gasteiger partial charge in [-0.2, -0.15) is 0 Å². The maximum absolute atomic E-state index is 12.5. The Morgan fingerprint density at radius 1 is 1.20 bits per heavy atom. The lowest BCUT2D eigenvalue weighted by Crippen LogP contribution is -2.33. The Kier molecular flexibility index (Phi) is 5.84. The summed E-state index contributed by atoms with van der Waals surface area (Å²) >= 11 is 12.2. The molecule has 1 aliphatic rings. The minimum atomic E-state index is -0.115. The van der Waals surface area contributed by atoms with Gasteiger partial charge >= 0.3 is 0 Å². The molecule has 0 radical (unpaired) electrons. The lowest BCUT2D eigenvalue weighted by molar-refractivity contribution is -0.117. The SMILES string of the molecule is COc1ccc(C2CCCN2CC(=O)Nc2c(Cl)cccc2Cl)cc1. The normalized spacial score (nSPS) is 17.5. The molecule has 2 aromatic carbocycles.